The van der Waals surface area contributed by atoms with Crippen LogP contribution in [0.15, 0.2) is 47.4 Å². The van der Waals surface area contributed by atoms with Gasteiger partial charge in [0.15, 0.2) is 0 Å². The molecule has 0 aliphatic carbocycles. The Morgan fingerprint density at radius 2 is 1.61 bits per heavy atom. The molecular formula is C22H23Cl2N5O3S. The zero-order chi connectivity index (χ0) is 23.6. The topological polar surface area (TPSA) is 96.5 Å². The third kappa shape index (κ3) is 5.67. The molecule has 1 aliphatic heterocycles. The van der Waals surface area contributed by atoms with Gasteiger partial charge in [-0.1, -0.05) is 23.2 Å². The number of sulfonamides is 1. The molecule has 3 aromatic rings. The predicted octanol–water partition coefficient (Wildman–Crippen LogP) is 4.78. The molecule has 8 nitrogen and oxygen atoms in total. The van der Waals surface area contributed by atoms with E-state index in [1.807, 2.05) is 13.0 Å². The van der Waals surface area contributed by atoms with E-state index in [0.29, 0.717) is 35.4 Å². The lowest BCUT2D eigenvalue weighted by Gasteiger charge is -2.28. The Kier molecular flexibility index (Phi) is 6.94. The minimum atomic E-state index is -3.88. The van der Waals surface area contributed by atoms with Crippen molar-refractivity contribution >= 4 is 56.4 Å². The van der Waals surface area contributed by atoms with Crippen LogP contribution in [0.5, 0.6) is 0 Å². The minimum Gasteiger partial charge on any atom is -0.378 e. The van der Waals surface area contributed by atoms with Crippen LogP contribution in [0.2, 0.25) is 10.0 Å². The Bertz CT molecular complexity index is 1260. The number of aryl methyl sites for hydroxylation is 2. The minimum absolute atomic E-state index is 0.0305. The Morgan fingerprint density at radius 1 is 0.939 bits per heavy atom. The lowest BCUT2D eigenvalue weighted by atomic mass is 10.2. The van der Waals surface area contributed by atoms with Crippen LogP contribution in [0.4, 0.5) is 23.1 Å². The number of ether oxygens (including phenoxy) is 1. The molecule has 4 rings (SSSR count). The van der Waals surface area contributed by atoms with Crippen molar-refractivity contribution in [1.82, 2.24) is 9.97 Å². The Labute approximate surface area is 203 Å². The van der Waals surface area contributed by atoms with Gasteiger partial charge in [0.1, 0.15) is 10.7 Å². The molecule has 1 aliphatic rings. The van der Waals surface area contributed by atoms with Crippen molar-refractivity contribution in [3.63, 3.8) is 0 Å². The summed E-state index contributed by atoms with van der Waals surface area (Å²) in [5.74, 6) is 1.31. The molecular weight excluding hydrogens is 485 g/mol. The molecule has 2 aromatic carbocycles. The molecule has 0 unspecified atom stereocenters. The van der Waals surface area contributed by atoms with Crippen molar-refractivity contribution in [2.75, 3.05) is 41.2 Å². The molecule has 0 atom stereocenters. The van der Waals surface area contributed by atoms with Crippen molar-refractivity contribution in [3.05, 3.63) is 63.8 Å². The zero-order valence-electron chi connectivity index (χ0n) is 18.1. The maximum absolute atomic E-state index is 12.8. The lowest BCUT2D eigenvalue weighted by Crippen LogP contribution is -2.36. The van der Waals surface area contributed by atoms with Crippen LogP contribution in [0, 0.1) is 13.8 Å². The SMILES string of the molecule is Cc1cc(N2CCOCC2)nc(Nc2ccc(NS(=O)(=O)c3cc(C)c(Cl)cc3Cl)cc2)n1. The second-order valence-corrected chi connectivity index (χ2v) is 10.1. The number of morpholine rings is 1. The van der Waals surface area contributed by atoms with Gasteiger partial charge in [0.25, 0.3) is 10.0 Å². The molecule has 0 amide bonds. The molecule has 1 fully saturated rings. The number of nitrogens with one attached hydrogen (secondary N) is 2. The van der Waals surface area contributed by atoms with Crippen LogP contribution in [0.1, 0.15) is 11.3 Å². The smallest absolute Gasteiger partial charge is 0.263 e. The summed E-state index contributed by atoms with van der Waals surface area (Å²) >= 11 is 12.1. The fourth-order valence-corrected chi connectivity index (χ4v) is 5.25. The summed E-state index contributed by atoms with van der Waals surface area (Å²) in [6, 6.07) is 11.6. The molecule has 11 heteroatoms. The van der Waals surface area contributed by atoms with E-state index in [2.05, 4.69) is 24.9 Å². The van der Waals surface area contributed by atoms with E-state index in [1.54, 1.807) is 31.2 Å². The van der Waals surface area contributed by atoms with Crippen LogP contribution in [0.3, 0.4) is 0 Å². The van der Waals surface area contributed by atoms with Crippen molar-refractivity contribution in [2.24, 2.45) is 0 Å². The zero-order valence-corrected chi connectivity index (χ0v) is 20.4. The average Bonchev–Trinajstić information content (AvgIpc) is 2.77. The van der Waals surface area contributed by atoms with Gasteiger partial charge < -0.3 is 15.0 Å². The molecule has 33 heavy (non-hydrogen) atoms. The molecule has 2 N–H and O–H groups in total. The number of aromatic nitrogens is 2. The summed E-state index contributed by atoms with van der Waals surface area (Å²) in [5.41, 5.74) is 2.57. The number of hydrogen-bond acceptors (Lipinski definition) is 7. The number of nitrogens with zero attached hydrogens (tertiary/aromatic N) is 3. The predicted molar refractivity (Wildman–Crippen MR) is 132 cm³/mol. The highest BCUT2D eigenvalue weighted by atomic mass is 35.5. The number of hydrogen-bond donors (Lipinski definition) is 2. The Morgan fingerprint density at radius 3 is 2.30 bits per heavy atom. The van der Waals surface area contributed by atoms with Crippen molar-refractivity contribution in [2.45, 2.75) is 18.7 Å². The first-order valence-corrected chi connectivity index (χ1v) is 12.5. The number of halogens is 2. The summed E-state index contributed by atoms with van der Waals surface area (Å²) in [7, 11) is -3.88. The van der Waals surface area contributed by atoms with Gasteiger partial charge in [0.05, 0.1) is 18.2 Å². The van der Waals surface area contributed by atoms with Gasteiger partial charge in [0, 0.05) is 41.2 Å². The first-order chi connectivity index (χ1) is 15.7. The molecule has 1 saturated heterocycles. The van der Waals surface area contributed by atoms with Gasteiger partial charge in [-0.05, 0) is 55.8 Å². The normalized spacial score (nSPS) is 14.2. The van der Waals surface area contributed by atoms with E-state index < -0.39 is 10.0 Å². The van der Waals surface area contributed by atoms with Crippen molar-refractivity contribution in [3.8, 4) is 0 Å². The summed E-state index contributed by atoms with van der Waals surface area (Å²) in [6.07, 6.45) is 0. The average molecular weight is 508 g/mol. The molecule has 0 bridgehead atoms. The fourth-order valence-electron chi connectivity index (χ4n) is 3.36. The van der Waals surface area contributed by atoms with E-state index in [-0.39, 0.29) is 9.92 Å². The summed E-state index contributed by atoms with van der Waals surface area (Å²) in [6.45, 7) is 6.53. The second kappa shape index (κ2) is 9.72. The van der Waals surface area contributed by atoms with Crippen molar-refractivity contribution < 1.29 is 13.2 Å². The van der Waals surface area contributed by atoms with Crippen LogP contribution >= 0.6 is 23.2 Å². The maximum Gasteiger partial charge on any atom is 0.263 e. The number of rotatable bonds is 6. The third-order valence-corrected chi connectivity index (χ3v) is 7.32. The van der Waals surface area contributed by atoms with E-state index in [1.165, 1.54) is 12.1 Å². The third-order valence-electron chi connectivity index (χ3n) is 5.07. The van der Waals surface area contributed by atoms with Crippen molar-refractivity contribution in [1.29, 1.82) is 0 Å². The van der Waals surface area contributed by atoms with Crippen LogP contribution < -0.4 is 14.9 Å². The molecule has 0 saturated carbocycles. The van der Waals surface area contributed by atoms with E-state index >= 15 is 0 Å². The Hall–Kier alpha value is -2.59. The van der Waals surface area contributed by atoms with Crippen LogP contribution in [0.25, 0.3) is 0 Å². The maximum atomic E-state index is 12.8. The molecule has 0 spiro atoms. The Balaban J connectivity index is 1.49. The molecule has 2 heterocycles. The van der Waals surface area contributed by atoms with Gasteiger partial charge in [-0.15, -0.1) is 0 Å². The standard InChI is InChI=1S/C22H23Cl2N5O3S/c1-14-11-20(19(24)13-18(14)23)33(30,31)28-17-5-3-16(4-6-17)26-22-25-15(2)12-21(27-22)29-7-9-32-10-8-29/h3-6,11-13,28H,7-10H2,1-2H3,(H,25,26,27). The first kappa shape index (κ1) is 23.6. The molecule has 174 valence electrons. The highest BCUT2D eigenvalue weighted by Gasteiger charge is 2.20. The van der Waals surface area contributed by atoms with Crippen LogP contribution in [-0.4, -0.2) is 44.7 Å². The van der Waals surface area contributed by atoms with Gasteiger partial charge in [0.2, 0.25) is 5.95 Å². The van der Waals surface area contributed by atoms with Gasteiger partial charge in [-0.3, -0.25) is 4.72 Å². The lowest BCUT2D eigenvalue weighted by molar-refractivity contribution is 0.122. The van der Waals surface area contributed by atoms with Crippen LogP contribution in [-0.2, 0) is 14.8 Å². The van der Waals surface area contributed by atoms with Gasteiger partial charge in [-0.2, -0.15) is 4.98 Å². The number of anilines is 4. The quantitative estimate of drug-likeness (QED) is 0.495. The monoisotopic (exact) mass is 507 g/mol. The fraction of sp³-hybridized carbons (Fsp3) is 0.273. The second-order valence-electron chi connectivity index (χ2n) is 7.63. The highest BCUT2D eigenvalue weighted by molar-refractivity contribution is 7.92. The van der Waals surface area contributed by atoms with Gasteiger partial charge >= 0.3 is 0 Å². The van der Waals surface area contributed by atoms with E-state index in [4.69, 9.17) is 27.9 Å². The first-order valence-electron chi connectivity index (χ1n) is 10.3. The molecule has 0 radical (unpaired) electrons. The number of benzene rings is 2. The highest BCUT2D eigenvalue weighted by Crippen LogP contribution is 2.30. The van der Waals surface area contributed by atoms with E-state index in [0.717, 1.165) is 30.3 Å². The molecule has 1 aromatic heterocycles. The summed E-state index contributed by atoms with van der Waals surface area (Å²) in [4.78, 5) is 11.2. The van der Waals surface area contributed by atoms with E-state index in [9.17, 15) is 8.42 Å². The summed E-state index contributed by atoms with van der Waals surface area (Å²) < 4.78 is 33.5. The van der Waals surface area contributed by atoms with Gasteiger partial charge in [-0.25, -0.2) is 13.4 Å². The summed E-state index contributed by atoms with van der Waals surface area (Å²) in [5, 5.41) is 3.64. The largest absolute Gasteiger partial charge is 0.378 e.